The van der Waals surface area contributed by atoms with Gasteiger partial charge >= 0.3 is 19.8 Å². The molecule has 0 aliphatic heterocycles. The monoisotopic (exact) mass is 837 g/mol. The molecular weight excluding hydrogens is 755 g/mol. The maximum atomic E-state index is 12.7. The first kappa shape index (κ1) is 53.6. The molecule has 336 valence electrons. The van der Waals surface area contributed by atoms with E-state index < -0.39 is 70.1 Å². The molecule has 1 aliphatic carbocycles. The van der Waals surface area contributed by atoms with Crippen LogP contribution in [0.15, 0.2) is 12.2 Å². The van der Waals surface area contributed by atoms with Crippen LogP contribution in [0.5, 0.6) is 0 Å². The number of hydrogen-bond acceptors (Lipinski definition) is 12. The summed E-state index contributed by atoms with van der Waals surface area (Å²) in [6, 6.07) is 0. The van der Waals surface area contributed by atoms with Gasteiger partial charge in [-0.15, -0.1) is 0 Å². The van der Waals surface area contributed by atoms with Gasteiger partial charge in [-0.25, -0.2) is 4.57 Å². The lowest BCUT2D eigenvalue weighted by Gasteiger charge is -2.21. The number of unbranched alkanes of at least 4 members (excludes halogenated alkanes) is 15. The molecular formula is C43H81O13P. The maximum absolute atomic E-state index is 12.7. The Morgan fingerprint density at radius 2 is 1.26 bits per heavy atom. The van der Waals surface area contributed by atoms with Gasteiger partial charge in [-0.2, -0.15) is 0 Å². The Kier molecular flexibility index (Phi) is 31.3. The minimum atomic E-state index is -4.67. The molecule has 57 heavy (non-hydrogen) atoms. The zero-order valence-electron chi connectivity index (χ0n) is 35.6. The first-order valence-electron chi connectivity index (χ1n) is 22.3. The Balaban J connectivity index is 2.43. The summed E-state index contributed by atoms with van der Waals surface area (Å²) in [6.07, 6.45) is 21.1. The molecule has 8 atom stereocenters. The lowest BCUT2D eigenvalue weighted by molar-refractivity contribution is -0.161. The van der Waals surface area contributed by atoms with Crippen LogP contribution in [0.25, 0.3) is 0 Å². The first-order valence-corrected chi connectivity index (χ1v) is 23.8. The van der Waals surface area contributed by atoms with Gasteiger partial charge in [-0.1, -0.05) is 142 Å². The fourth-order valence-electron chi connectivity index (χ4n) is 7.22. The van der Waals surface area contributed by atoms with Gasteiger partial charge in [0.25, 0.3) is 0 Å². The summed E-state index contributed by atoms with van der Waals surface area (Å²) in [4.78, 5) is 35.2. The van der Waals surface area contributed by atoms with Crippen molar-refractivity contribution in [2.75, 3.05) is 26.4 Å². The Hall–Kier alpha value is -1.41. The fraction of sp³-hybridized carbons (Fsp3) is 0.907. The van der Waals surface area contributed by atoms with Crippen molar-refractivity contribution in [1.82, 2.24) is 0 Å². The summed E-state index contributed by atoms with van der Waals surface area (Å²) >= 11 is 0. The van der Waals surface area contributed by atoms with Crippen LogP contribution in [0.1, 0.15) is 175 Å². The lowest BCUT2D eigenvalue weighted by Crippen LogP contribution is -2.29. The van der Waals surface area contributed by atoms with Crippen molar-refractivity contribution in [2.24, 2.45) is 17.8 Å². The molecule has 0 amide bonds. The highest BCUT2D eigenvalue weighted by atomic mass is 31.2. The standard InChI is InChI=1S/C43H81O13P/c1-4-5-17-23-35(45)27-28-39-38(40(47)29-41(39)48)24-19-15-16-20-25-42(49)53-32-37(33-55-57(51,52)54-31-36(46)30-44)56-43(50)26-21-14-12-10-8-6-7-9-11-13-18-22-34(2)3/h27-28,34-41,44-48H,4-26,29-33H2,1-3H3,(H,51,52)/b28-27+/t35-,36-,37+,38+,39+,40-,41+/m0/s1. The Morgan fingerprint density at radius 3 is 1.86 bits per heavy atom. The molecule has 0 heterocycles. The summed E-state index contributed by atoms with van der Waals surface area (Å²) in [5, 5.41) is 49.7. The molecule has 13 nitrogen and oxygen atoms in total. The number of phosphoric acid groups is 1. The average molecular weight is 837 g/mol. The van der Waals surface area contributed by atoms with Gasteiger partial charge in [0, 0.05) is 25.2 Å². The van der Waals surface area contributed by atoms with Gasteiger partial charge in [-0.05, 0) is 37.5 Å². The molecule has 14 heteroatoms. The highest BCUT2D eigenvalue weighted by molar-refractivity contribution is 7.47. The number of carbonyl (C=O) groups excluding carboxylic acids is 2. The van der Waals surface area contributed by atoms with Gasteiger partial charge in [0.2, 0.25) is 0 Å². The largest absolute Gasteiger partial charge is 0.472 e. The van der Waals surface area contributed by atoms with Gasteiger partial charge in [0.05, 0.1) is 38.1 Å². The van der Waals surface area contributed by atoms with Crippen LogP contribution in [-0.2, 0) is 32.7 Å². The smallest absolute Gasteiger partial charge is 0.462 e. The van der Waals surface area contributed by atoms with E-state index in [1.165, 1.54) is 51.4 Å². The Bertz CT molecular complexity index is 1090. The third-order valence-corrected chi connectivity index (χ3v) is 11.6. The summed E-state index contributed by atoms with van der Waals surface area (Å²) in [5.74, 6) is -0.585. The van der Waals surface area contributed by atoms with Crippen molar-refractivity contribution in [3.63, 3.8) is 0 Å². The van der Waals surface area contributed by atoms with E-state index in [1.807, 2.05) is 6.08 Å². The van der Waals surface area contributed by atoms with E-state index in [9.17, 15) is 39.5 Å². The first-order chi connectivity index (χ1) is 27.3. The second-order valence-electron chi connectivity index (χ2n) is 16.5. The average Bonchev–Trinajstić information content (AvgIpc) is 3.44. The predicted octanol–water partition coefficient (Wildman–Crippen LogP) is 7.85. The second-order valence-corrected chi connectivity index (χ2v) is 18.0. The van der Waals surface area contributed by atoms with E-state index in [0.717, 1.165) is 63.7 Å². The molecule has 1 rings (SSSR count). The summed E-state index contributed by atoms with van der Waals surface area (Å²) in [7, 11) is -4.67. The van der Waals surface area contributed by atoms with E-state index in [2.05, 4.69) is 25.3 Å². The van der Waals surface area contributed by atoms with Crippen molar-refractivity contribution in [2.45, 2.75) is 205 Å². The van der Waals surface area contributed by atoms with E-state index in [4.69, 9.17) is 19.1 Å². The molecule has 0 saturated heterocycles. The molecule has 1 unspecified atom stereocenters. The highest BCUT2D eigenvalue weighted by Gasteiger charge is 2.39. The number of phosphoric ester groups is 1. The fourth-order valence-corrected chi connectivity index (χ4v) is 8.01. The van der Waals surface area contributed by atoms with E-state index in [0.29, 0.717) is 32.1 Å². The number of ether oxygens (including phenoxy) is 2. The molecule has 0 bridgehead atoms. The van der Waals surface area contributed by atoms with E-state index in [-0.39, 0.29) is 31.3 Å². The van der Waals surface area contributed by atoms with Crippen molar-refractivity contribution < 1.29 is 63.1 Å². The predicted molar refractivity (Wildman–Crippen MR) is 221 cm³/mol. The number of aliphatic hydroxyl groups is 5. The molecule has 0 radical (unpaired) electrons. The van der Waals surface area contributed by atoms with Crippen LogP contribution < -0.4 is 0 Å². The highest BCUT2D eigenvalue weighted by Crippen LogP contribution is 2.43. The summed E-state index contributed by atoms with van der Waals surface area (Å²) < 4.78 is 32.7. The zero-order valence-corrected chi connectivity index (χ0v) is 36.5. The third-order valence-electron chi connectivity index (χ3n) is 10.7. The van der Waals surface area contributed by atoms with Gasteiger partial charge in [0.15, 0.2) is 6.10 Å². The normalized spacial score (nSPS) is 21.2. The molecule has 0 aromatic heterocycles. The Morgan fingerprint density at radius 1 is 0.719 bits per heavy atom. The van der Waals surface area contributed by atoms with E-state index >= 15 is 0 Å². The summed E-state index contributed by atoms with van der Waals surface area (Å²) in [6.45, 7) is 4.36. The molecule has 0 spiro atoms. The molecule has 0 aromatic carbocycles. The van der Waals surface area contributed by atoms with Crippen LogP contribution in [0.4, 0.5) is 0 Å². The summed E-state index contributed by atoms with van der Waals surface area (Å²) in [5.41, 5.74) is 0. The van der Waals surface area contributed by atoms with Crippen molar-refractivity contribution in [1.29, 1.82) is 0 Å². The molecule has 6 N–H and O–H groups in total. The molecule has 1 fully saturated rings. The molecule has 0 aromatic rings. The van der Waals surface area contributed by atoms with Crippen LogP contribution in [0.2, 0.25) is 0 Å². The van der Waals surface area contributed by atoms with Gasteiger partial charge in [-0.3, -0.25) is 18.6 Å². The van der Waals surface area contributed by atoms with Gasteiger partial charge < -0.3 is 39.9 Å². The van der Waals surface area contributed by atoms with Crippen molar-refractivity contribution >= 4 is 19.8 Å². The van der Waals surface area contributed by atoms with Crippen LogP contribution >= 0.6 is 7.82 Å². The lowest BCUT2D eigenvalue weighted by atomic mass is 9.88. The van der Waals surface area contributed by atoms with Gasteiger partial charge in [0.1, 0.15) is 12.7 Å². The molecule has 1 aliphatic rings. The molecule has 1 saturated carbocycles. The number of carbonyl (C=O) groups is 2. The second kappa shape index (κ2) is 33.3. The van der Waals surface area contributed by atoms with E-state index in [1.54, 1.807) is 6.08 Å². The quantitative estimate of drug-likeness (QED) is 0.0153. The Labute approximate surface area is 343 Å². The van der Waals surface area contributed by atoms with Crippen molar-refractivity contribution in [3.8, 4) is 0 Å². The number of rotatable bonds is 37. The number of esters is 2. The minimum absolute atomic E-state index is 0.0980. The topological polar surface area (TPSA) is 210 Å². The van der Waals surface area contributed by atoms with Crippen LogP contribution in [0.3, 0.4) is 0 Å². The SMILES string of the molecule is CCCCC[C@H](O)/C=C/[C@@H]1[C@@H](CCCCCCC(=O)OC[C@H](COP(=O)(O)OC[C@@H](O)CO)OC(=O)CCCCCCCCCCCCCC(C)C)[C@@H](O)C[C@H]1O. The third kappa shape index (κ3) is 28.7. The minimum Gasteiger partial charge on any atom is -0.462 e. The maximum Gasteiger partial charge on any atom is 0.472 e. The number of aliphatic hydroxyl groups excluding tert-OH is 5. The van der Waals surface area contributed by atoms with Crippen molar-refractivity contribution in [3.05, 3.63) is 12.2 Å². The van der Waals surface area contributed by atoms with Crippen LogP contribution in [-0.4, -0.2) is 99.3 Å². The number of hydrogen-bond donors (Lipinski definition) is 6. The van der Waals surface area contributed by atoms with Crippen LogP contribution in [0, 0.1) is 17.8 Å². The zero-order chi connectivity index (χ0) is 42.3.